The molecule has 1 aliphatic carbocycles. The zero-order valence-electron chi connectivity index (χ0n) is 9.50. The minimum atomic E-state index is 0. The monoisotopic (exact) mass is 299 g/mol. The Kier molecular flexibility index (Phi) is 6.32. The van der Waals surface area contributed by atoms with Gasteiger partial charge >= 0.3 is 102 Å². The zero-order valence-corrected chi connectivity index (χ0v) is 12.0. The second-order valence-electron chi connectivity index (χ2n) is 4.41. The minimum Gasteiger partial charge on any atom is -1.00 e. The predicted molar refractivity (Wildman–Crippen MR) is 56.6 cm³/mol. The standard InChI is InChI=1S/C13H15.2FH.Zr/c1-10(2)9-12-8-7-11-5-3-4-6-13(11)12;;;/h3-7,10,12H,9H2,1-2H3;2*1H;/q;;;+2/p-2. The Labute approximate surface area is 111 Å². The van der Waals surface area contributed by atoms with Crippen molar-refractivity contribution in [3.8, 4) is 0 Å². The van der Waals surface area contributed by atoms with E-state index in [4.69, 9.17) is 0 Å². The van der Waals surface area contributed by atoms with Crippen LogP contribution in [0.3, 0.4) is 0 Å². The molecule has 1 aromatic carbocycles. The molecule has 0 fully saturated rings. The molecule has 0 heterocycles. The Morgan fingerprint density at radius 1 is 1.19 bits per heavy atom. The van der Waals surface area contributed by atoms with Gasteiger partial charge in [-0.25, -0.2) is 0 Å². The van der Waals surface area contributed by atoms with Crippen molar-refractivity contribution in [3.05, 3.63) is 38.7 Å². The maximum atomic E-state index is 2.38. The molecule has 1 aromatic rings. The van der Waals surface area contributed by atoms with Gasteiger partial charge in [-0.15, -0.1) is 0 Å². The van der Waals surface area contributed by atoms with E-state index in [1.807, 2.05) is 0 Å². The molecular formula is C13H15F2Zr. The van der Waals surface area contributed by atoms with Crippen molar-refractivity contribution in [1.29, 1.82) is 0 Å². The molecule has 3 heteroatoms. The number of hydrogen-bond acceptors (Lipinski definition) is 0. The van der Waals surface area contributed by atoms with Crippen LogP contribution >= 0.6 is 0 Å². The number of fused-ring (bicyclic) bond motifs is 1. The van der Waals surface area contributed by atoms with Crippen LogP contribution in [0.15, 0.2) is 27.5 Å². The van der Waals surface area contributed by atoms with Crippen molar-refractivity contribution in [2.24, 2.45) is 5.92 Å². The molecule has 0 radical (unpaired) electrons. The van der Waals surface area contributed by atoms with Crippen LogP contribution in [0.2, 0.25) is 0 Å². The smallest absolute Gasteiger partial charge is 1.00 e. The maximum absolute atomic E-state index is 2.38. The topological polar surface area (TPSA) is 0 Å². The maximum Gasteiger partial charge on any atom is -1.00 e. The van der Waals surface area contributed by atoms with Crippen molar-refractivity contribution in [2.45, 2.75) is 26.2 Å². The first kappa shape index (κ1) is 15.7. The van der Waals surface area contributed by atoms with E-state index in [-0.39, 0.29) is 9.41 Å². The molecule has 1 unspecified atom stereocenters. The molecule has 1 aliphatic rings. The van der Waals surface area contributed by atoms with E-state index in [9.17, 15) is 0 Å². The van der Waals surface area contributed by atoms with Gasteiger partial charge in [0, 0.05) is 0 Å². The Bertz CT molecular complexity index is 372. The van der Waals surface area contributed by atoms with Crippen LogP contribution in [0.25, 0.3) is 6.08 Å². The number of allylic oxidation sites excluding steroid dienone is 1. The molecule has 2 rings (SSSR count). The summed E-state index contributed by atoms with van der Waals surface area (Å²) >= 11 is 1.58. The van der Waals surface area contributed by atoms with Crippen molar-refractivity contribution in [2.75, 3.05) is 0 Å². The molecule has 0 saturated heterocycles. The Balaban J connectivity index is 0.00000112. The first-order valence-electron chi connectivity index (χ1n) is 5.20. The van der Waals surface area contributed by atoms with E-state index in [1.54, 1.807) is 33.6 Å². The molecular weight excluding hydrogens is 285 g/mol. The Morgan fingerprint density at radius 3 is 2.44 bits per heavy atom. The summed E-state index contributed by atoms with van der Waals surface area (Å²) in [5.41, 5.74) is 3.00. The van der Waals surface area contributed by atoms with E-state index in [0.717, 1.165) is 5.92 Å². The molecule has 0 N–H and O–H groups in total. The third kappa shape index (κ3) is 3.10. The van der Waals surface area contributed by atoms with E-state index in [0.29, 0.717) is 5.92 Å². The third-order valence-corrected chi connectivity index (χ3v) is 3.98. The molecule has 85 valence electrons. The average Bonchev–Trinajstić information content (AvgIpc) is 2.43. The van der Waals surface area contributed by atoms with Crippen LogP contribution in [-0.2, 0) is 24.7 Å². The number of hydrogen-bond donors (Lipinski definition) is 0. The summed E-state index contributed by atoms with van der Waals surface area (Å²) in [4.78, 5) is 0. The van der Waals surface area contributed by atoms with Gasteiger partial charge in [-0.3, -0.25) is 0 Å². The fourth-order valence-corrected chi connectivity index (χ4v) is 3.17. The summed E-state index contributed by atoms with van der Waals surface area (Å²) in [6.45, 7) is 4.62. The Hall–Kier alpha value is -0.297. The quantitative estimate of drug-likeness (QED) is 0.578. The molecule has 1 atom stereocenters. The van der Waals surface area contributed by atoms with Crippen LogP contribution in [0, 0.1) is 5.92 Å². The summed E-state index contributed by atoms with van der Waals surface area (Å²) < 4.78 is 1.62. The second kappa shape index (κ2) is 6.44. The van der Waals surface area contributed by atoms with Crippen molar-refractivity contribution >= 4 is 6.08 Å². The molecule has 0 aromatic heterocycles. The fourth-order valence-electron chi connectivity index (χ4n) is 2.12. The summed E-state index contributed by atoms with van der Waals surface area (Å²) in [6.07, 6.45) is 3.68. The van der Waals surface area contributed by atoms with Crippen LogP contribution < -0.4 is 9.41 Å². The average molecular weight is 300 g/mol. The summed E-state index contributed by atoms with van der Waals surface area (Å²) in [7, 11) is 0. The number of rotatable bonds is 2. The van der Waals surface area contributed by atoms with Gasteiger partial charge in [-0.1, -0.05) is 0 Å². The van der Waals surface area contributed by atoms with Crippen molar-refractivity contribution < 1.29 is 34.1 Å². The SMILES string of the molecule is CC(C)CC1[C]([Zr+2])=Cc2ccccc21.[F-].[F-]. The van der Waals surface area contributed by atoms with Gasteiger partial charge in [0.25, 0.3) is 0 Å². The van der Waals surface area contributed by atoms with Crippen molar-refractivity contribution in [1.82, 2.24) is 0 Å². The fraction of sp³-hybridized carbons (Fsp3) is 0.385. The van der Waals surface area contributed by atoms with Gasteiger partial charge in [0.15, 0.2) is 0 Å². The first-order chi connectivity index (χ1) is 6.68. The van der Waals surface area contributed by atoms with Crippen LogP contribution in [0.5, 0.6) is 0 Å². The molecule has 0 aliphatic heterocycles. The van der Waals surface area contributed by atoms with Gasteiger partial charge < -0.3 is 9.41 Å². The van der Waals surface area contributed by atoms with Gasteiger partial charge in [-0.05, 0) is 0 Å². The normalized spacial score (nSPS) is 17.3. The van der Waals surface area contributed by atoms with Crippen LogP contribution in [-0.4, -0.2) is 0 Å². The summed E-state index contributed by atoms with van der Waals surface area (Å²) in [6, 6.07) is 8.82. The second-order valence-corrected chi connectivity index (χ2v) is 5.83. The largest absolute Gasteiger partial charge is 1.00 e. The zero-order chi connectivity index (χ0) is 10.1. The van der Waals surface area contributed by atoms with Gasteiger partial charge in [0.2, 0.25) is 0 Å². The van der Waals surface area contributed by atoms with Crippen LogP contribution in [0.1, 0.15) is 37.3 Å². The van der Waals surface area contributed by atoms with Gasteiger partial charge in [0.1, 0.15) is 0 Å². The number of benzene rings is 1. The van der Waals surface area contributed by atoms with Gasteiger partial charge in [0.05, 0.1) is 0 Å². The van der Waals surface area contributed by atoms with Gasteiger partial charge in [-0.2, -0.15) is 0 Å². The third-order valence-electron chi connectivity index (χ3n) is 2.76. The molecule has 0 amide bonds. The molecule has 0 spiro atoms. The van der Waals surface area contributed by atoms with E-state index < -0.39 is 0 Å². The van der Waals surface area contributed by atoms with Crippen molar-refractivity contribution in [3.63, 3.8) is 0 Å². The van der Waals surface area contributed by atoms with E-state index in [2.05, 4.69) is 44.2 Å². The van der Waals surface area contributed by atoms with E-state index in [1.165, 1.54) is 12.0 Å². The first-order valence-corrected chi connectivity index (χ1v) is 6.43. The number of halogens is 2. The molecule has 16 heavy (non-hydrogen) atoms. The predicted octanol–water partition coefficient (Wildman–Crippen LogP) is -2.27. The Morgan fingerprint density at radius 2 is 1.81 bits per heavy atom. The minimum absolute atomic E-state index is 0. The summed E-state index contributed by atoms with van der Waals surface area (Å²) in [5.74, 6) is 1.50. The van der Waals surface area contributed by atoms with E-state index >= 15 is 0 Å². The molecule has 0 bridgehead atoms. The molecule has 0 nitrogen and oxygen atoms in total. The van der Waals surface area contributed by atoms with Crippen LogP contribution in [0.4, 0.5) is 0 Å². The summed E-state index contributed by atoms with van der Waals surface area (Å²) in [5, 5.41) is 0. The molecule has 0 saturated carbocycles.